The number of benzene rings is 1. The molecule has 1 fully saturated rings. The van der Waals surface area contributed by atoms with Gasteiger partial charge in [0.2, 0.25) is 15.9 Å². The first-order chi connectivity index (χ1) is 12.7. The van der Waals surface area contributed by atoms with Gasteiger partial charge in [-0.05, 0) is 61.8 Å². The number of hydrogen-bond donors (Lipinski definition) is 1. The number of rotatable bonds is 7. The average Bonchev–Trinajstić information content (AvgIpc) is 2.84. The SMILES string of the molecule is CSCCC(NS(=O)(=O)c1cc(Cl)ccc1Cl)C(=O)N1CCCC(C)CC1. The first-order valence-electron chi connectivity index (χ1n) is 8.99. The van der Waals surface area contributed by atoms with Crippen molar-refractivity contribution < 1.29 is 13.2 Å². The molecule has 0 spiro atoms. The van der Waals surface area contributed by atoms with Gasteiger partial charge in [-0.1, -0.05) is 30.1 Å². The van der Waals surface area contributed by atoms with Crippen LogP contribution in [0.5, 0.6) is 0 Å². The van der Waals surface area contributed by atoms with Crippen molar-refractivity contribution in [2.75, 3.05) is 25.1 Å². The summed E-state index contributed by atoms with van der Waals surface area (Å²) in [5.74, 6) is 1.08. The fraction of sp³-hybridized carbons (Fsp3) is 0.611. The Morgan fingerprint density at radius 2 is 2.07 bits per heavy atom. The van der Waals surface area contributed by atoms with E-state index in [0.29, 0.717) is 31.2 Å². The molecule has 5 nitrogen and oxygen atoms in total. The minimum absolute atomic E-state index is 0.0755. The molecule has 0 saturated carbocycles. The smallest absolute Gasteiger partial charge is 0.242 e. The molecule has 2 rings (SSSR count). The summed E-state index contributed by atoms with van der Waals surface area (Å²) >= 11 is 13.6. The molecule has 1 aliphatic rings. The normalized spacial score (nSPS) is 19.6. The van der Waals surface area contributed by atoms with Crippen molar-refractivity contribution in [3.05, 3.63) is 28.2 Å². The Labute approximate surface area is 176 Å². The maximum atomic E-state index is 13.1. The summed E-state index contributed by atoms with van der Waals surface area (Å²) in [6.45, 7) is 3.51. The molecule has 1 saturated heterocycles. The van der Waals surface area contributed by atoms with Crippen LogP contribution in [-0.2, 0) is 14.8 Å². The number of carbonyl (C=O) groups is 1. The summed E-state index contributed by atoms with van der Waals surface area (Å²) in [6, 6.07) is 3.45. The van der Waals surface area contributed by atoms with Crippen molar-refractivity contribution in [3.8, 4) is 0 Å². The van der Waals surface area contributed by atoms with Crippen molar-refractivity contribution >= 4 is 50.9 Å². The van der Waals surface area contributed by atoms with Crippen LogP contribution < -0.4 is 4.72 Å². The average molecular weight is 453 g/mol. The Hall–Kier alpha value is -0.470. The zero-order valence-electron chi connectivity index (χ0n) is 15.6. The third-order valence-electron chi connectivity index (χ3n) is 4.72. The van der Waals surface area contributed by atoms with Crippen LogP contribution in [0.25, 0.3) is 0 Å². The van der Waals surface area contributed by atoms with E-state index in [2.05, 4.69) is 11.6 Å². The second-order valence-corrected chi connectivity index (χ2v) is 10.4. The van der Waals surface area contributed by atoms with E-state index in [-0.39, 0.29) is 20.8 Å². The molecule has 1 aliphatic heterocycles. The van der Waals surface area contributed by atoms with Gasteiger partial charge in [-0.25, -0.2) is 8.42 Å². The van der Waals surface area contributed by atoms with Crippen LogP contribution >= 0.6 is 35.0 Å². The van der Waals surface area contributed by atoms with Crippen LogP contribution in [-0.4, -0.2) is 50.4 Å². The van der Waals surface area contributed by atoms with Gasteiger partial charge in [0.1, 0.15) is 10.9 Å². The van der Waals surface area contributed by atoms with Crippen molar-refractivity contribution in [1.82, 2.24) is 9.62 Å². The van der Waals surface area contributed by atoms with Crippen molar-refractivity contribution in [3.63, 3.8) is 0 Å². The van der Waals surface area contributed by atoms with Gasteiger partial charge in [-0.15, -0.1) is 0 Å². The number of nitrogens with one attached hydrogen (secondary N) is 1. The molecule has 2 atom stereocenters. The van der Waals surface area contributed by atoms with E-state index in [1.54, 1.807) is 16.7 Å². The second kappa shape index (κ2) is 10.3. The van der Waals surface area contributed by atoms with Gasteiger partial charge in [-0.3, -0.25) is 4.79 Å². The molecule has 1 N–H and O–H groups in total. The lowest BCUT2D eigenvalue weighted by atomic mass is 10.0. The number of carbonyl (C=O) groups excluding carboxylic acids is 1. The van der Waals surface area contributed by atoms with Crippen LogP contribution in [0.15, 0.2) is 23.1 Å². The standard InChI is InChI=1S/C18H26Cl2N2O3S2/c1-13-4-3-9-22(10-7-13)18(23)16(8-11-26-2)21-27(24,25)17-12-14(19)5-6-15(17)20/h5-6,12-13,16,21H,3-4,7-11H2,1-2H3. The van der Waals surface area contributed by atoms with E-state index in [1.165, 1.54) is 18.2 Å². The van der Waals surface area contributed by atoms with Gasteiger partial charge in [0.25, 0.3) is 0 Å². The fourth-order valence-electron chi connectivity index (χ4n) is 3.11. The van der Waals surface area contributed by atoms with Gasteiger partial charge < -0.3 is 4.90 Å². The highest BCUT2D eigenvalue weighted by Gasteiger charge is 2.31. The minimum atomic E-state index is -3.97. The van der Waals surface area contributed by atoms with E-state index in [4.69, 9.17) is 23.2 Å². The molecule has 0 aliphatic carbocycles. The largest absolute Gasteiger partial charge is 0.341 e. The van der Waals surface area contributed by atoms with Gasteiger partial charge in [0.15, 0.2) is 0 Å². The zero-order valence-corrected chi connectivity index (χ0v) is 18.7. The molecule has 2 unspecified atom stereocenters. The molecule has 27 heavy (non-hydrogen) atoms. The number of amides is 1. The molecular formula is C18H26Cl2N2O3S2. The van der Waals surface area contributed by atoms with Crippen LogP contribution in [0.3, 0.4) is 0 Å². The minimum Gasteiger partial charge on any atom is -0.341 e. The first kappa shape index (κ1) is 22.8. The highest BCUT2D eigenvalue weighted by Crippen LogP contribution is 2.26. The molecule has 1 aromatic carbocycles. The number of nitrogens with zero attached hydrogens (tertiary/aromatic N) is 1. The van der Waals surface area contributed by atoms with E-state index in [9.17, 15) is 13.2 Å². The second-order valence-electron chi connectivity index (χ2n) is 6.89. The van der Waals surface area contributed by atoms with Crippen LogP contribution in [0.2, 0.25) is 10.0 Å². The predicted octanol–water partition coefficient (Wildman–Crippen LogP) is 4.04. The molecule has 1 aromatic rings. The van der Waals surface area contributed by atoms with Crippen LogP contribution in [0.4, 0.5) is 0 Å². The number of sulfonamides is 1. The molecule has 0 bridgehead atoms. The topological polar surface area (TPSA) is 66.5 Å². The summed E-state index contributed by atoms with van der Waals surface area (Å²) in [7, 11) is -3.97. The van der Waals surface area contributed by atoms with Crippen molar-refractivity contribution in [2.24, 2.45) is 5.92 Å². The quantitative estimate of drug-likeness (QED) is 0.677. The lowest BCUT2D eigenvalue weighted by molar-refractivity contribution is -0.133. The van der Waals surface area contributed by atoms with E-state index >= 15 is 0 Å². The van der Waals surface area contributed by atoms with Gasteiger partial charge >= 0.3 is 0 Å². The lowest BCUT2D eigenvalue weighted by Gasteiger charge is -2.27. The summed E-state index contributed by atoms with van der Waals surface area (Å²) in [5.41, 5.74) is 0. The Balaban J connectivity index is 2.22. The molecule has 0 radical (unpaired) electrons. The first-order valence-corrected chi connectivity index (χ1v) is 12.6. The highest BCUT2D eigenvalue weighted by molar-refractivity contribution is 7.98. The van der Waals surface area contributed by atoms with E-state index in [1.807, 2.05) is 6.26 Å². The van der Waals surface area contributed by atoms with Crippen molar-refractivity contribution in [1.29, 1.82) is 0 Å². The lowest BCUT2D eigenvalue weighted by Crippen LogP contribution is -2.49. The third-order valence-corrected chi connectivity index (χ3v) is 7.55. The summed E-state index contributed by atoms with van der Waals surface area (Å²) in [6.07, 6.45) is 5.31. The number of likely N-dealkylation sites (tertiary alicyclic amines) is 1. The number of halogens is 2. The monoisotopic (exact) mass is 452 g/mol. The summed E-state index contributed by atoms with van der Waals surface area (Å²) in [5, 5.41) is 0.347. The number of thioether (sulfide) groups is 1. The molecule has 1 amide bonds. The Morgan fingerprint density at radius 3 is 2.78 bits per heavy atom. The van der Waals surface area contributed by atoms with Gasteiger partial charge in [0.05, 0.1) is 5.02 Å². The Bertz CT molecular complexity index is 759. The molecule has 152 valence electrons. The van der Waals surface area contributed by atoms with Crippen molar-refractivity contribution in [2.45, 2.75) is 43.5 Å². The zero-order chi connectivity index (χ0) is 20.0. The summed E-state index contributed by atoms with van der Waals surface area (Å²) in [4.78, 5) is 14.7. The Morgan fingerprint density at radius 1 is 1.33 bits per heavy atom. The van der Waals surface area contributed by atoms with Crippen LogP contribution in [0.1, 0.15) is 32.6 Å². The Kier molecular flexibility index (Phi) is 8.74. The van der Waals surface area contributed by atoms with E-state index in [0.717, 1.165) is 19.3 Å². The van der Waals surface area contributed by atoms with Crippen LogP contribution in [0, 0.1) is 5.92 Å². The predicted molar refractivity (Wildman–Crippen MR) is 113 cm³/mol. The maximum absolute atomic E-state index is 13.1. The molecule has 9 heteroatoms. The van der Waals surface area contributed by atoms with Gasteiger partial charge in [-0.2, -0.15) is 16.5 Å². The maximum Gasteiger partial charge on any atom is 0.242 e. The molecular weight excluding hydrogens is 427 g/mol. The molecule has 1 heterocycles. The third kappa shape index (κ3) is 6.53. The van der Waals surface area contributed by atoms with Gasteiger partial charge in [0, 0.05) is 18.1 Å². The molecule has 0 aromatic heterocycles. The fourth-order valence-corrected chi connectivity index (χ4v) is 5.56. The van der Waals surface area contributed by atoms with E-state index < -0.39 is 16.1 Å². The number of hydrogen-bond acceptors (Lipinski definition) is 4. The summed E-state index contributed by atoms with van der Waals surface area (Å²) < 4.78 is 28.3. The highest BCUT2D eigenvalue weighted by atomic mass is 35.5.